The number of aromatic nitrogens is 2. The Morgan fingerprint density at radius 2 is 1.83 bits per heavy atom. The van der Waals surface area contributed by atoms with Crippen LogP contribution in [0, 0.1) is 12.8 Å². The summed E-state index contributed by atoms with van der Waals surface area (Å²) in [5.74, 6) is 0.395. The van der Waals surface area contributed by atoms with Gasteiger partial charge < -0.3 is 13.6 Å². The van der Waals surface area contributed by atoms with Crippen LogP contribution in [0.3, 0.4) is 0 Å². The maximum absolute atomic E-state index is 12.9. The second-order valence-corrected chi connectivity index (χ2v) is 10.3. The number of nitrogens with one attached hydrogen (secondary N) is 1. The van der Waals surface area contributed by atoms with Crippen LogP contribution in [0.15, 0.2) is 62.3 Å². The zero-order valence-corrected chi connectivity index (χ0v) is 20.0. The van der Waals surface area contributed by atoms with Crippen molar-refractivity contribution >= 4 is 32.9 Å². The molecule has 2 aromatic heterocycles. The quantitative estimate of drug-likeness (QED) is 0.426. The van der Waals surface area contributed by atoms with E-state index in [9.17, 15) is 13.2 Å². The van der Waals surface area contributed by atoms with E-state index >= 15 is 0 Å². The van der Waals surface area contributed by atoms with Gasteiger partial charge in [0.2, 0.25) is 15.9 Å². The summed E-state index contributed by atoms with van der Waals surface area (Å²) in [5, 5.41) is 11.3. The van der Waals surface area contributed by atoms with Crippen molar-refractivity contribution in [3.05, 3.63) is 54.1 Å². The minimum atomic E-state index is -3.59. The first-order valence-electron chi connectivity index (χ1n) is 11.1. The molecular formula is C24H24N4O6S. The summed E-state index contributed by atoms with van der Waals surface area (Å²) in [5.41, 5.74) is 1.55. The third-order valence-electron chi connectivity index (χ3n) is 6.08. The normalized spacial score (nSPS) is 15.4. The Bertz CT molecular complexity index is 1470. The van der Waals surface area contributed by atoms with E-state index in [1.54, 1.807) is 43.5 Å². The van der Waals surface area contributed by atoms with E-state index in [2.05, 4.69) is 15.5 Å². The van der Waals surface area contributed by atoms with E-state index in [0.717, 1.165) is 10.9 Å². The van der Waals surface area contributed by atoms with Crippen LogP contribution in [0.1, 0.15) is 18.4 Å². The van der Waals surface area contributed by atoms with Gasteiger partial charge in [-0.1, -0.05) is 34.9 Å². The third-order valence-corrected chi connectivity index (χ3v) is 7.99. The highest BCUT2D eigenvalue weighted by Gasteiger charge is 2.32. The molecule has 0 radical (unpaired) electrons. The average molecular weight is 497 g/mol. The third kappa shape index (κ3) is 4.52. The van der Waals surface area contributed by atoms with Crippen LogP contribution in [-0.2, 0) is 14.8 Å². The molecule has 10 nitrogen and oxygen atoms in total. The number of fused-ring (bicyclic) bond motifs is 1. The van der Waals surface area contributed by atoms with Gasteiger partial charge in [0.15, 0.2) is 17.1 Å². The van der Waals surface area contributed by atoms with Crippen LogP contribution in [0.4, 0.5) is 6.01 Å². The van der Waals surface area contributed by atoms with Crippen LogP contribution in [0.25, 0.3) is 22.6 Å². The van der Waals surface area contributed by atoms with E-state index in [1.807, 2.05) is 19.1 Å². The first-order valence-corrected chi connectivity index (χ1v) is 12.6. The van der Waals surface area contributed by atoms with Gasteiger partial charge in [-0.05, 0) is 44.0 Å². The zero-order valence-electron chi connectivity index (χ0n) is 19.2. The number of benzene rings is 2. The molecule has 11 heteroatoms. The largest absolute Gasteiger partial charge is 0.493 e. The lowest BCUT2D eigenvalue weighted by molar-refractivity contribution is -0.121. The van der Waals surface area contributed by atoms with Crippen molar-refractivity contribution < 1.29 is 26.8 Å². The number of para-hydroxylation sites is 1. The monoisotopic (exact) mass is 496 g/mol. The number of anilines is 1. The molecule has 1 saturated heterocycles. The molecule has 0 aliphatic carbocycles. The molecule has 0 atom stereocenters. The Balaban J connectivity index is 1.22. The number of carbonyl (C=O) groups is 1. The number of piperidine rings is 1. The Hall–Kier alpha value is -3.70. The second-order valence-electron chi connectivity index (χ2n) is 8.38. The average Bonchev–Trinajstić information content (AvgIpc) is 3.51. The molecule has 0 unspecified atom stereocenters. The topological polar surface area (TPSA) is 128 Å². The van der Waals surface area contributed by atoms with Crippen LogP contribution in [0.5, 0.6) is 5.75 Å². The molecule has 0 spiro atoms. The van der Waals surface area contributed by atoms with Crippen molar-refractivity contribution in [3.8, 4) is 17.4 Å². The molecule has 1 aliphatic heterocycles. The lowest BCUT2D eigenvalue weighted by Gasteiger charge is -2.30. The van der Waals surface area contributed by atoms with Crippen molar-refractivity contribution in [1.29, 1.82) is 0 Å². The molecule has 1 fully saturated rings. The maximum Gasteiger partial charge on any atom is 0.322 e. The van der Waals surface area contributed by atoms with Gasteiger partial charge in [-0.15, -0.1) is 5.10 Å². The molecule has 182 valence electrons. The van der Waals surface area contributed by atoms with Crippen molar-refractivity contribution in [2.45, 2.75) is 24.7 Å². The SMILES string of the molecule is COc1cccc2cc(-c3nnc(NC(=O)C4CCN(S(=O)(=O)c5ccc(C)cc5)CC4)o3)oc12. The van der Waals surface area contributed by atoms with Gasteiger partial charge >= 0.3 is 6.01 Å². The number of furan rings is 1. The standard InChI is InChI=1S/C24H24N4O6S/c1-15-6-8-18(9-7-15)35(30,31)28-12-10-16(11-13-28)22(29)25-24-27-26-23(34-24)20-14-17-4-3-5-19(32-2)21(17)33-20/h3-9,14,16H,10-13H2,1-2H3,(H,25,27,29). The Morgan fingerprint density at radius 3 is 2.54 bits per heavy atom. The van der Waals surface area contributed by atoms with Gasteiger partial charge in [0.05, 0.1) is 12.0 Å². The Morgan fingerprint density at radius 1 is 1.09 bits per heavy atom. The molecule has 4 aromatic rings. The first-order chi connectivity index (χ1) is 16.8. The second kappa shape index (κ2) is 9.16. The first kappa shape index (κ1) is 23.1. The van der Waals surface area contributed by atoms with E-state index in [-0.39, 0.29) is 41.7 Å². The number of methoxy groups -OCH3 is 1. The van der Waals surface area contributed by atoms with Crippen molar-refractivity contribution in [2.75, 3.05) is 25.5 Å². The predicted molar refractivity (Wildman–Crippen MR) is 127 cm³/mol. The number of hydrogen-bond donors (Lipinski definition) is 1. The Labute approximate surface area is 201 Å². The number of amides is 1. The number of ether oxygens (including phenoxy) is 1. The number of rotatable bonds is 6. The van der Waals surface area contributed by atoms with E-state index in [1.165, 1.54) is 4.31 Å². The summed E-state index contributed by atoms with van der Waals surface area (Å²) in [7, 11) is -2.03. The van der Waals surface area contributed by atoms with Crippen molar-refractivity contribution in [2.24, 2.45) is 5.92 Å². The number of hydrogen-bond acceptors (Lipinski definition) is 8. The minimum absolute atomic E-state index is 0.0490. The van der Waals surface area contributed by atoms with Crippen LogP contribution in [-0.4, -0.2) is 49.0 Å². The lowest BCUT2D eigenvalue weighted by atomic mass is 9.97. The molecule has 0 saturated carbocycles. The van der Waals surface area contributed by atoms with Gasteiger partial charge in [-0.25, -0.2) is 8.42 Å². The summed E-state index contributed by atoms with van der Waals surface area (Å²) in [4.78, 5) is 13.0. The molecule has 0 bridgehead atoms. The van der Waals surface area contributed by atoms with Crippen LogP contribution < -0.4 is 10.1 Å². The lowest BCUT2D eigenvalue weighted by Crippen LogP contribution is -2.41. The molecular weight excluding hydrogens is 472 g/mol. The van der Waals surface area contributed by atoms with E-state index in [4.69, 9.17) is 13.6 Å². The highest BCUT2D eigenvalue weighted by Crippen LogP contribution is 2.33. The highest BCUT2D eigenvalue weighted by molar-refractivity contribution is 7.89. The number of aryl methyl sites for hydroxylation is 1. The summed E-state index contributed by atoms with van der Waals surface area (Å²) in [6, 6.07) is 14.0. The van der Waals surface area contributed by atoms with Crippen molar-refractivity contribution in [3.63, 3.8) is 0 Å². The number of carbonyl (C=O) groups excluding carboxylic acids is 1. The van der Waals surface area contributed by atoms with Crippen LogP contribution in [0.2, 0.25) is 0 Å². The van der Waals surface area contributed by atoms with Gasteiger partial charge in [0.25, 0.3) is 5.89 Å². The number of nitrogens with zero attached hydrogens (tertiary/aromatic N) is 3. The minimum Gasteiger partial charge on any atom is -0.493 e. The van der Waals surface area contributed by atoms with Gasteiger partial charge in [-0.3, -0.25) is 10.1 Å². The fraction of sp³-hybridized carbons (Fsp3) is 0.292. The fourth-order valence-electron chi connectivity index (χ4n) is 4.10. The van der Waals surface area contributed by atoms with E-state index in [0.29, 0.717) is 29.9 Å². The molecule has 5 rings (SSSR count). The van der Waals surface area contributed by atoms with E-state index < -0.39 is 10.0 Å². The molecule has 1 N–H and O–H groups in total. The highest BCUT2D eigenvalue weighted by atomic mass is 32.2. The fourth-order valence-corrected chi connectivity index (χ4v) is 5.57. The molecule has 2 aromatic carbocycles. The maximum atomic E-state index is 12.9. The summed E-state index contributed by atoms with van der Waals surface area (Å²) >= 11 is 0. The zero-order chi connectivity index (χ0) is 24.6. The molecule has 1 amide bonds. The Kier molecular flexibility index (Phi) is 6.03. The van der Waals surface area contributed by atoms with Gasteiger partial charge in [0, 0.05) is 24.4 Å². The molecule has 3 heterocycles. The predicted octanol–water partition coefficient (Wildman–Crippen LogP) is 3.84. The number of sulfonamides is 1. The smallest absolute Gasteiger partial charge is 0.322 e. The summed E-state index contributed by atoms with van der Waals surface area (Å²) < 4.78 is 43.9. The van der Waals surface area contributed by atoms with Crippen molar-refractivity contribution in [1.82, 2.24) is 14.5 Å². The van der Waals surface area contributed by atoms with Gasteiger partial charge in [-0.2, -0.15) is 4.31 Å². The summed E-state index contributed by atoms with van der Waals surface area (Å²) in [6.07, 6.45) is 0.780. The molecule has 35 heavy (non-hydrogen) atoms. The molecule has 1 aliphatic rings. The van der Waals surface area contributed by atoms with Crippen LogP contribution >= 0.6 is 0 Å². The van der Waals surface area contributed by atoms with Gasteiger partial charge in [0.1, 0.15) is 0 Å². The summed E-state index contributed by atoms with van der Waals surface area (Å²) in [6.45, 7) is 2.41.